The molecule has 0 aromatic heterocycles. The normalized spacial score (nSPS) is 12.5. The van der Waals surface area contributed by atoms with Crippen LogP contribution in [0.2, 0.25) is 0 Å². The standard InChI is InChI=1S/C9H15N3O4S2/c1-17(13,14)11-6-7-12-18(15,16)9-5-3-2-4-8(9)10/h2-5,11-12H,6-7,10H2,1H3. The molecule has 0 unspecified atom stereocenters. The zero-order chi connectivity index (χ0) is 13.8. The summed E-state index contributed by atoms with van der Waals surface area (Å²) in [5.41, 5.74) is 5.69. The van der Waals surface area contributed by atoms with Gasteiger partial charge >= 0.3 is 0 Å². The van der Waals surface area contributed by atoms with E-state index < -0.39 is 20.0 Å². The van der Waals surface area contributed by atoms with E-state index in [4.69, 9.17) is 5.73 Å². The molecule has 0 heterocycles. The number of nitrogens with two attached hydrogens (primary N) is 1. The van der Waals surface area contributed by atoms with Crippen LogP contribution in [-0.4, -0.2) is 36.2 Å². The number of nitrogen functional groups attached to an aromatic ring is 1. The number of rotatable bonds is 6. The molecular formula is C9H15N3O4S2. The molecule has 0 radical (unpaired) electrons. The van der Waals surface area contributed by atoms with Crippen molar-refractivity contribution in [3.05, 3.63) is 24.3 Å². The molecule has 4 N–H and O–H groups in total. The molecule has 0 atom stereocenters. The molecule has 102 valence electrons. The van der Waals surface area contributed by atoms with Crippen LogP contribution < -0.4 is 15.2 Å². The summed E-state index contributed by atoms with van der Waals surface area (Å²) in [6, 6.07) is 6.03. The summed E-state index contributed by atoms with van der Waals surface area (Å²) in [5, 5.41) is 0. The Labute approximate surface area is 106 Å². The van der Waals surface area contributed by atoms with Crippen LogP contribution in [0.5, 0.6) is 0 Å². The maximum absolute atomic E-state index is 11.8. The van der Waals surface area contributed by atoms with Gasteiger partial charge in [0.1, 0.15) is 4.90 Å². The number of sulfonamides is 2. The first-order chi connectivity index (χ1) is 8.22. The van der Waals surface area contributed by atoms with Crippen molar-refractivity contribution in [3.63, 3.8) is 0 Å². The lowest BCUT2D eigenvalue weighted by Crippen LogP contribution is -2.34. The average molecular weight is 293 g/mol. The Kier molecular flexibility index (Phi) is 4.68. The molecule has 0 aliphatic rings. The number of benzene rings is 1. The van der Waals surface area contributed by atoms with Crippen LogP contribution in [0.25, 0.3) is 0 Å². The molecule has 0 fully saturated rings. The van der Waals surface area contributed by atoms with Crippen LogP contribution in [0, 0.1) is 0 Å². The smallest absolute Gasteiger partial charge is 0.242 e. The maximum Gasteiger partial charge on any atom is 0.242 e. The van der Waals surface area contributed by atoms with Gasteiger partial charge in [0.25, 0.3) is 0 Å². The summed E-state index contributed by atoms with van der Waals surface area (Å²) in [7, 11) is -7.04. The maximum atomic E-state index is 11.8. The van der Waals surface area contributed by atoms with E-state index in [0.29, 0.717) is 0 Å². The van der Waals surface area contributed by atoms with Crippen molar-refractivity contribution in [2.75, 3.05) is 25.1 Å². The van der Waals surface area contributed by atoms with Gasteiger partial charge in [-0.3, -0.25) is 0 Å². The van der Waals surface area contributed by atoms with Crippen molar-refractivity contribution in [2.45, 2.75) is 4.90 Å². The lowest BCUT2D eigenvalue weighted by molar-refractivity contribution is 0.573. The first kappa shape index (κ1) is 14.9. The molecule has 0 saturated carbocycles. The van der Waals surface area contributed by atoms with Crippen molar-refractivity contribution < 1.29 is 16.8 Å². The Morgan fingerprint density at radius 3 is 2.17 bits per heavy atom. The molecule has 9 heteroatoms. The second-order valence-corrected chi connectivity index (χ2v) is 7.17. The number of para-hydroxylation sites is 1. The topological polar surface area (TPSA) is 118 Å². The minimum Gasteiger partial charge on any atom is -0.398 e. The van der Waals surface area contributed by atoms with Gasteiger partial charge in [0.2, 0.25) is 20.0 Å². The van der Waals surface area contributed by atoms with Gasteiger partial charge in [-0.25, -0.2) is 26.3 Å². The van der Waals surface area contributed by atoms with Gasteiger partial charge in [-0.1, -0.05) is 12.1 Å². The number of nitrogens with one attached hydrogen (secondary N) is 2. The van der Waals surface area contributed by atoms with Gasteiger partial charge in [0, 0.05) is 13.1 Å². The fourth-order valence-corrected chi connectivity index (χ4v) is 2.86. The highest BCUT2D eigenvalue weighted by atomic mass is 32.2. The molecule has 1 aromatic rings. The third-order valence-electron chi connectivity index (χ3n) is 1.99. The first-order valence-corrected chi connectivity index (χ1v) is 8.38. The predicted molar refractivity (Wildman–Crippen MR) is 68.9 cm³/mol. The van der Waals surface area contributed by atoms with E-state index in [1.165, 1.54) is 12.1 Å². The van der Waals surface area contributed by atoms with Gasteiger partial charge in [-0.15, -0.1) is 0 Å². The molecule has 0 aliphatic heterocycles. The van der Waals surface area contributed by atoms with E-state index >= 15 is 0 Å². The van der Waals surface area contributed by atoms with Crippen LogP contribution >= 0.6 is 0 Å². The van der Waals surface area contributed by atoms with Gasteiger partial charge in [0.05, 0.1) is 11.9 Å². The SMILES string of the molecule is CS(=O)(=O)NCCNS(=O)(=O)c1ccccc1N. The zero-order valence-corrected chi connectivity index (χ0v) is 11.4. The summed E-state index contributed by atoms with van der Waals surface area (Å²) < 4.78 is 49.6. The van der Waals surface area contributed by atoms with E-state index in [-0.39, 0.29) is 23.7 Å². The fraction of sp³-hybridized carbons (Fsp3) is 0.333. The molecular weight excluding hydrogens is 278 g/mol. The summed E-state index contributed by atoms with van der Waals surface area (Å²) in [6.45, 7) is -0.0749. The van der Waals surface area contributed by atoms with Crippen LogP contribution in [0.15, 0.2) is 29.2 Å². The van der Waals surface area contributed by atoms with Crippen molar-refractivity contribution in [3.8, 4) is 0 Å². The van der Waals surface area contributed by atoms with Crippen LogP contribution in [0.3, 0.4) is 0 Å². The molecule has 0 spiro atoms. The summed E-state index contributed by atoms with van der Waals surface area (Å²) >= 11 is 0. The lowest BCUT2D eigenvalue weighted by Gasteiger charge is -2.08. The van der Waals surface area contributed by atoms with Gasteiger partial charge in [-0.05, 0) is 12.1 Å². The molecule has 18 heavy (non-hydrogen) atoms. The molecule has 0 amide bonds. The van der Waals surface area contributed by atoms with E-state index in [1.54, 1.807) is 12.1 Å². The third kappa shape index (κ3) is 4.61. The van der Waals surface area contributed by atoms with Crippen molar-refractivity contribution in [1.82, 2.24) is 9.44 Å². The average Bonchev–Trinajstić information content (AvgIpc) is 2.24. The summed E-state index contributed by atoms with van der Waals surface area (Å²) in [4.78, 5) is -0.0237. The number of hydrogen-bond donors (Lipinski definition) is 3. The Hall–Kier alpha value is -1.16. The number of anilines is 1. The van der Waals surface area contributed by atoms with Crippen molar-refractivity contribution in [1.29, 1.82) is 0 Å². The first-order valence-electron chi connectivity index (χ1n) is 5.01. The van der Waals surface area contributed by atoms with Crippen LogP contribution in [-0.2, 0) is 20.0 Å². The molecule has 0 bridgehead atoms. The highest BCUT2D eigenvalue weighted by molar-refractivity contribution is 7.89. The minimum atomic E-state index is -3.72. The Balaban J connectivity index is 2.65. The monoisotopic (exact) mass is 293 g/mol. The van der Waals surface area contributed by atoms with Crippen molar-refractivity contribution >= 4 is 25.7 Å². The Bertz CT molecular complexity index is 610. The van der Waals surface area contributed by atoms with E-state index in [0.717, 1.165) is 6.26 Å². The number of hydrogen-bond acceptors (Lipinski definition) is 5. The zero-order valence-electron chi connectivity index (χ0n) is 9.75. The van der Waals surface area contributed by atoms with Crippen LogP contribution in [0.1, 0.15) is 0 Å². The van der Waals surface area contributed by atoms with E-state index in [2.05, 4.69) is 9.44 Å². The molecule has 1 rings (SSSR count). The molecule has 0 saturated heterocycles. The summed E-state index contributed by atoms with van der Waals surface area (Å²) in [6.07, 6.45) is 0.997. The van der Waals surface area contributed by atoms with Gasteiger partial charge < -0.3 is 5.73 Å². The second-order valence-electron chi connectivity index (χ2n) is 3.60. The Morgan fingerprint density at radius 2 is 1.61 bits per heavy atom. The van der Waals surface area contributed by atoms with Crippen molar-refractivity contribution in [2.24, 2.45) is 0 Å². The second kappa shape index (κ2) is 5.65. The minimum absolute atomic E-state index is 0.0230. The highest BCUT2D eigenvalue weighted by Gasteiger charge is 2.16. The quantitative estimate of drug-likeness (QED) is 0.464. The lowest BCUT2D eigenvalue weighted by atomic mass is 10.3. The van der Waals surface area contributed by atoms with E-state index in [1.807, 2.05) is 0 Å². The summed E-state index contributed by atoms with van der Waals surface area (Å²) in [5.74, 6) is 0. The predicted octanol–water partition coefficient (Wildman–Crippen LogP) is -0.904. The van der Waals surface area contributed by atoms with E-state index in [9.17, 15) is 16.8 Å². The van der Waals surface area contributed by atoms with Gasteiger partial charge in [0.15, 0.2) is 0 Å². The Morgan fingerprint density at radius 1 is 1.06 bits per heavy atom. The van der Waals surface area contributed by atoms with Gasteiger partial charge in [-0.2, -0.15) is 0 Å². The fourth-order valence-electron chi connectivity index (χ4n) is 1.22. The molecule has 7 nitrogen and oxygen atoms in total. The molecule has 1 aromatic carbocycles. The molecule has 0 aliphatic carbocycles. The highest BCUT2D eigenvalue weighted by Crippen LogP contribution is 2.16. The largest absolute Gasteiger partial charge is 0.398 e. The van der Waals surface area contributed by atoms with Crippen LogP contribution in [0.4, 0.5) is 5.69 Å². The third-order valence-corrected chi connectivity index (χ3v) is 4.25.